The maximum atomic E-state index is 12.9. The fourth-order valence-electron chi connectivity index (χ4n) is 3.27. The molecule has 1 amide bonds. The molecule has 4 heteroatoms. The minimum atomic E-state index is -0.0936. The molecule has 0 aromatic heterocycles. The zero-order chi connectivity index (χ0) is 18.5. The van der Waals surface area contributed by atoms with E-state index >= 15 is 0 Å². The zero-order valence-corrected chi connectivity index (χ0v) is 14.9. The second-order valence-electron chi connectivity index (χ2n) is 6.46. The van der Waals surface area contributed by atoms with Gasteiger partial charge in [-0.15, -0.1) is 0 Å². The van der Waals surface area contributed by atoms with E-state index in [4.69, 9.17) is 9.47 Å². The quantitative estimate of drug-likeness (QED) is 0.729. The van der Waals surface area contributed by atoms with Gasteiger partial charge < -0.3 is 14.8 Å². The Labute approximate surface area is 158 Å². The van der Waals surface area contributed by atoms with Crippen molar-refractivity contribution < 1.29 is 14.3 Å². The van der Waals surface area contributed by atoms with Crippen LogP contribution in [-0.2, 0) is 6.61 Å². The Morgan fingerprint density at radius 2 is 1.70 bits per heavy atom. The van der Waals surface area contributed by atoms with Crippen molar-refractivity contribution in [3.8, 4) is 11.5 Å². The highest BCUT2D eigenvalue weighted by Crippen LogP contribution is 2.31. The van der Waals surface area contributed by atoms with Crippen molar-refractivity contribution in [3.05, 3.63) is 95.6 Å². The number of ether oxygens (including phenoxy) is 2. The lowest BCUT2D eigenvalue weighted by Gasteiger charge is -2.27. The molecule has 3 aromatic rings. The fraction of sp³-hybridized carbons (Fsp3) is 0.174. The summed E-state index contributed by atoms with van der Waals surface area (Å²) in [6.45, 7) is 0.943. The number of hydrogen-bond donors (Lipinski definition) is 1. The predicted molar refractivity (Wildman–Crippen MR) is 104 cm³/mol. The summed E-state index contributed by atoms with van der Waals surface area (Å²) < 4.78 is 11.5. The number of rotatable bonds is 5. The van der Waals surface area contributed by atoms with Crippen molar-refractivity contribution in [3.63, 3.8) is 0 Å². The Kier molecular flexibility index (Phi) is 5.06. The molecule has 136 valence electrons. The van der Waals surface area contributed by atoms with Crippen LogP contribution in [0.15, 0.2) is 78.9 Å². The molecule has 1 atom stereocenters. The number of para-hydroxylation sites is 2. The van der Waals surface area contributed by atoms with Gasteiger partial charge in [0, 0.05) is 23.1 Å². The van der Waals surface area contributed by atoms with Crippen molar-refractivity contribution in [2.75, 3.05) is 6.61 Å². The molecule has 0 radical (unpaired) electrons. The summed E-state index contributed by atoms with van der Waals surface area (Å²) in [5.41, 5.74) is 2.52. The third-order valence-corrected chi connectivity index (χ3v) is 4.66. The molecule has 0 spiro atoms. The van der Waals surface area contributed by atoms with Gasteiger partial charge in [-0.25, -0.2) is 0 Å². The van der Waals surface area contributed by atoms with Crippen LogP contribution in [0.3, 0.4) is 0 Å². The Balaban J connectivity index is 1.50. The summed E-state index contributed by atoms with van der Waals surface area (Å²) in [6, 6.07) is 25.0. The topological polar surface area (TPSA) is 47.6 Å². The molecule has 1 aliphatic heterocycles. The van der Waals surface area contributed by atoms with Crippen LogP contribution in [0.1, 0.15) is 33.9 Å². The van der Waals surface area contributed by atoms with E-state index in [2.05, 4.69) is 5.32 Å². The van der Waals surface area contributed by atoms with Crippen molar-refractivity contribution in [2.45, 2.75) is 19.1 Å². The van der Waals surface area contributed by atoms with Crippen LogP contribution in [-0.4, -0.2) is 12.5 Å². The van der Waals surface area contributed by atoms with Crippen LogP contribution < -0.4 is 14.8 Å². The van der Waals surface area contributed by atoms with E-state index in [0.29, 0.717) is 18.8 Å². The summed E-state index contributed by atoms with van der Waals surface area (Å²) in [5.74, 6) is 1.53. The van der Waals surface area contributed by atoms with Crippen LogP contribution in [0.4, 0.5) is 0 Å². The van der Waals surface area contributed by atoms with Crippen LogP contribution >= 0.6 is 0 Å². The van der Waals surface area contributed by atoms with Gasteiger partial charge in [-0.2, -0.15) is 0 Å². The molecule has 1 heterocycles. The molecule has 0 saturated carbocycles. The minimum Gasteiger partial charge on any atom is -0.493 e. The molecule has 3 aromatic carbocycles. The molecular weight excluding hydrogens is 338 g/mol. The largest absolute Gasteiger partial charge is 0.493 e. The summed E-state index contributed by atoms with van der Waals surface area (Å²) in [6.07, 6.45) is 0.755. The Bertz CT molecular complexity index is 924. The van der Waals surface area contributed by atoms with Crippen molar-refractivity contribution in [1.29, 1.82) is 0 Å². The molecule has 0 aliphatic carbocycles. The minimum absolute atomic E-state index is 0.0504. The SMILES string of the molecule is O=C(N[C@H]1CCOc2ccccc21)c1ccccc1COc1ccccc1. The number of fused-ring (bicyclic) bond motifs is 1. The van der Waals surface area contributed by atoms with Crippen LogP contribution in [0.25, 0.3) is 0 Å². The first kappa shape index (κ1) is 17.2. The molecule has 4 nitrogen and oxygen atoms in total. The van der Waals surface area contributed by atoms with E-state index in [9.17, 15) is 4.79 Å². The van der Waals surface area contributed by atoms with Crippen LogP contribution in [0.5, 0.6) is 11.5 Å². The lowest BCUT2D eigenvalue weighted by atomic mass is 9.99. The van der Waals surface area contributed by atoms with E-state index in [1.807, 2.05) is 78.9 Å². The number of carbonyl (C=O) groups is 1. The van der Waals surface area contributed by atoms with Crippen LogP contribution in [0, 0.1) is 0 Å². The lowest BCUT2D eigenvalue weighted by Crippen LogP contribution is -2.32. The van der Waals surface area contributed by atoms with Gasteiger partial charge >= 0.3 is 0 Å². The standard InChI is InChI=1S/C23H21NO3/c25-23(24-21-14-15-26-22-13-7-6-12-20(21)22)19-11-5-4-8-17(19)16-27-18-9-2-1-3-10-18/h1-13,21H,14-16H2,(H,24,25)/t21-/m0/s1. The number of hydrogen-bond acceptors (Lipinski definition) is 3. The molecule has 0 saturated heterocycles. The second kappa shape index (κ2) is 7.96. The smallest absolute Gasteiger partial charge is 0.252 e. The summed E-state index contributed by atoms with van der Waals surface area (Å²) >= 11 is 0. The molecule has 0 unspecified atom stereocenters. The van der Waals surface area contributed by atoms with E-state index in [1.54, 1.807) is 0 Å². The van der Waals surface area contributed by atoms with Gasteiger partial charge in [-0.1, -0.05) is 54.6 Å². The average molecular weight is 359 g/mol. The highest BCUT2D eigenvalue weighted by Gasteiger charge is 2.23. The van der Waals surface area contributed by atoms with Gasteiger partial charge in [0.05, 0.1) is 12.6 Å². The van der Waals surface area contributed by atoms with Gasteiger partial charge in [0.25, 0.3) is 5.91 Å². The van der Waals surface area contributed by atoms with Gasteiger partial charge in [0.2, 0.25) is 0 Å². The van der Waals surface area contributed by atoms with E-state index in [1.165, 1.54) is 0 Å². The first-order valence-corrected chi connectivity index (χ1v) is 9.09. The van der Waals surface area contributed by atoms with Gasteiger partial charge in [0.15, 0.2) is 0 Å². The fourth-order valence-corrected chi connectivity index (χ4v) is 3.27. The van der Waals surface area contributed by atoms with Crippen molar-refractivity contribution in [2.24, 2.45) is 0 Å². The molecule has 0 bridgehead atoms. The van der Waals surface area contributed by atoms with Crippen molar-refractivity contribution in [1.82, 2.24) is 5.32 Å². The predicted octanol–water partition coefficient (Wildman–Crippen LogP) is 4.52. The van der Waals surface area contributed by atoms with Gasteiger partial charge in [0.1, 0.15) is 18.1 Å². The Morgan fingerprint density at radius 3 is 2.59 bits per heavy atom. The summed E-state index contributed by atoms with van der Waals surface area (Å²) in [5, 5.41) is 3.16. The number of nitrogens with one attached hydrogen (secondary N) is 1. The molecule has 4 rings (SSSR count). The van der Waals surface area contributed by atoms with Gasteiger partial charge in [-0.05, 0) is 24.3 Å². The van der Waals surface area contributed by atoms with E-state index in [-0.39, 0.29) is 11.9 Å². The molecule has 1 aliphatic rings. The Morgan fingerprint density at radius 1 is 0.963 bits per heavy atom. The monoisotopic (exact) mass is 359 g/mol. The van der Waals surface area contributed by atoms with E-state index < -0.39 is 0 Å². The first-order valence-electron chi connectivity index (χ1n) is 9.09. The number of amides is 1. The highest BCUT2D eigenvalue weighted by molar-refractivity contribution is 5.96. The summed E-state index contributed by atoms with van der Waals surface area (Å²) in [4.78, 5) is 12.9. The molecule has 0 fully saturated rings. The number of benzene rings is 3. The van der Waals surface area contributed by atoms with Crippen molar-refractivity contribution >= 4 is 5.91 Å². The lowest BCUT2D eigenvalue weighted by molar-refractivity contribution is 0.0922. The number of carbonyl (C=O) groups excluding carboxylic acids is 1. The second-order valence-corrected chi connectivity index (χ2v) is 6.46. The van der Waals surface area contributed by atoms with Crippen LogP contribution in [0.2, 0.25) is 0 Å². The third kappa shape index (κ3) is 3.95. The normalized spacial score (nSPS) is 15.3. The maximum absolute atomic E-state index is 12.9. The average Bonchev–Trinajstić information content (AvgIpc) is 2.73. The molecule has 27 heavy (non-hydrogen) atoms. The highest BCUT2D eigenvalue weighted by atomic mass is 16.5. The first-order chi connectivity index (χ1) is 13.3. The maximum Gasteiger partial charge on any atom is 0.252 e. The third-order valence-electron chi connectivity index (χ3n) is 4.66. The van der Waals surface area contributed by atoms with Gasteiger partial charge in [-0.3, -0.25) is 4.79 Å². The summed E-state index contributed by atoms with van der Waals surface area (Å²) in [7, 11) is 0. The Hall–Kier alpha value is -3.27. The molecule has 1 N–H and O–H groups in total. The molecular formula is C23H21NO3. The zero-order valence-electron chi connectivity index (χ0n) is 14.9. The van der Waals surface area contributed by atoms with E-state index in [0.717, 1.165) is 29.0 Å².